The molecule has 1 aromatic carbocycles. The molecule has 2 rings (SSSR count). The van der Waals surface area contributed by atoms with Gasteiger partial charge in [-0.15, -0.1) is 0 Å². The summed E-state index contributed by atoms with van der Waals surface area (Å²) >= 11 is 0. The predicted molar refractivity (Wildman–Crippen MR) is 64.6 cm³/mol. The molecule has 1 heterocycles. The van der Waals surface area contributed by atoms with E-state index in [1.165, 1.54) is 12.1 Å². The van der Waals surface area contributed by atoms with Crippen LogP contribution in [0.15, 0.2) is 42.6 Å². The lowest BCUT2D eigenvalue weighted by molar-refractivity contribution is 0.282. The van der Waals surface area contributed by atoms with Crippen molar-refractivity contribution in [3.8, 4) is 0 Å². The fourth-order valence-corrected chi connectivity index (χ4v) is 1.56. The first-order valence-corrected chi connectivity index (χ1v) is 5.26. The Bertz CT molecular complexity index is 516. The fourth-order valence-electron chi connectivity index (χ4n) is 1.56. The zero-order chi connectivity index (χ0) is 12.3. The lowest BCUT2D eigenvalue weighted by Gasteiger charge is -2.18. The number of hydrogen-bond donors (Lipinski definition) is 1. The van der Waals surface area contributed by atoms with Crippen LogP contribution in [0.4, 0.5) is 15.9 Å². The Morgan fingerprint density at radius 2 is 2.12 bits per heavy atom. The summed E-state index contributed by atoms with van der Waals surface area (Å²) in [6.07, 6.45) is 1.62. The highest BCUT2D eigenvalue weighted by molar-refractivity contribution is 5.59. The Morgan fingerprint density at radius 1 is 1.29 bits per heavy atom. The molecule has 1 N–H and O–H groups in total. The van der Waals surface area contributed by atoms with Crippen LogP contribution in [0.1, 0.15) is 5.56 Å². The van der Waals surface area contributed by atoms with Gasteiger partial charge in [-0.25, -0.2) is 9.37 Å². The minimum Gasteiger partial charge on any atom is -0.392 e. The molecule has 1 aromatic heterocycles. The Hall–Kier alpha value is -1.94. The highest BCUT2D eigenvalue weighted by atomic mass is 19.1. The molecular weight excluding hydrogens is 219 g/mol. The highest BCUT2D eigenvalue weighted by Crippen LogP contribution is 2.22. The van der Waals surface area contributed by atoms with Crippen molar-refractivity contribution in [3.63, 3.8) is 0 Å². The van der Waals surface area contributed by atoms with Gasteiger partial charge in [0.05, 0.1) is 6.61 Å². The molecule has 2 aromatic rings. The normalized spacial score (nSPS) is 10.3. The number of aromatic nitrogens is 1. The lowest BCUT2D eigenvalue weighted by Crippen LogP contribution is -2.11. The Morgan fingerprint density at radius 3 is 2.82 bits per heavy atom. The van der Waals surface area contributed by atoms with Crippen LogP contribution in [0.3, 0.4) is 0 Å². The molecule has 0 amide bonds. The maximum atomic E-state index is 13.1. The molecule has 0 saturated carbocycles. The number of anilines is 2. The smallest absolute Gasteiger partial charge is 0.133 e. The molecule has 0 spiro atoms. The van der Waals surface area contributed by atoms with Gasteiger partial charge in [0.2, 0.25) is 0 Å². The Labute approximate surface area is 99.2 Å². The summed E-state index contributed by atoms with van der Waals surface area (Å²) in [6, 6.07) is 9.80. The summed E-state index contributed by atoms with van der Waals surface area (Å²) in [5, 5.41) is 9.05. The Kier molecular flexibility index (Phi) is 3.35. The molecular formula is C13H13FN2O. The number of pyridine rings is 1. The third-order valence-corrected chi connectivity index (χ3v) is 2.53. The van der Waals surface area contributed by atoms with E-state index in [9.17, 15) is 4.39 Å². The van der Waals surface area contributed by atoms with Crippen molar-refractivity contribution >= 4 is 11.5 Å². The van der Waals surface area contributed by atoms with Crippen molar-refractivity contribution in [1.82, 2.24) is 4.98 Å². The van der Waals surface area contributed by atoms with E-state index in [0.29, 0.717) is 11.5 Å². The van der Waals surface area contributed by atoms with Crippen LogP contribution in [0.2, 0.25) is 0 Å². The molecule has 0 radical (unpaired) electrons. The average Bonchev–Trinajstić information content (AvgIpc) is 2.38. The summed E-state index contributed by atoms with van der Waals surface area (Å²) in [4.78, 5) is 5.95. The molecule has 17 heavy (non-hydrogen) atoms. The number of aliphatic hydroxyl groups excluding tert-OH is 1. The van der Waals surface area contributed by atoms with Crippen LogP contribution in [0, 0.1) is 5.82 Å². The number of hydrogen-bond acceptors (Lipinski definition) is 3. The number of nitrogens with zero attached hydrogens (tertiary/aromatic N) is 2. The average molecular weight is 232 g/mol. The molecule has 0 aliphatic rings. The van der Waals surface area contributed by atoms with Gasteiger partial charge in [-0.1, -0.05) is 6.07 Å². The minimum atomic E-state index is -0.285. The molecule has 0 atom stereocenters. The van der Waals surface area contributed by atoms with Gasteiger partial charge < -0.3 is 10.0 Å². The zero-order valence-corrected chi connectivity index (χ0v) is 9.47. The summed E-state index contributed by atoms with van der Waals surface area (Å²) in [7, 11) is 1.80. The lowest BCUT2D eigenvalue weighted by atomic mass is 10.2. The second-order valence-electron chi connectivity index (χ2n) is 3.72. The number of benzene rings is 1. The van der Waals surface area contributed by atoms with Gasteiger partial charge in [0, 0.05) is 18.9 Å². The van der Waals surface area contributed by atoms with Crippen molar-refractivity contribution in [2.24, 2.45) is 0 Å². The molecule has 88 valence electrons. The quantitative estimate of drug-likeness (QED) is 0.883. The van der Waals surface area contributed by atoms with Crippen LogP contribution >= 0.6 is 0 Å². The van der Waals surface area contributed by atoms with E-state index in [1.807, 2.05) is 0 Å². The second kappa shape index (κ2) is 4.93. The van der Waals surface area contributed by atoms with E-state index >= 15 is 0 Å². The standard InChI is InChI=1S/C13H13FN2O/c1-16(12-4-2-3-11(14)8-12)13-7-10(9-17)5-6-15-13/h2-8,17H,9H2,1H3. The van der Waals surface area contributed by atoms with Crippen LogP contribution in [0.5, 0.6) is 0 Å². The summed E-state index contributed by atoms with van der Waals surface area (Å²) < 4.78 is 13.1. The first-order valence-electron chi connectivity index (χ1n) is 5.26. The van der Waals surface area contributed by atoms with Crippen LogP contribution in [-0.2, 0) is 6.61 Å². The fraction of sp³-hybridized carbons (Fsp3) is 0.154. The largest absolute Gasteiger partial charge is 0.392 e. The van der Waals surface area contributed by atoms with Crippen molar-refractivity contribution in [2.75, 3.05) is 11.9 Å². The van der Waals surface area contributed by atoms with Gasteiger partial charge in [-0.05, 0) is 35.9 Å². The molecule has 4 heteroatoms. The van der Waals surface area contributed by atoms with E-state index in [-0.39, 0.29) is 12.4 Å². The van der Waals surface area contributed by atoms with Gasteiger partial charge in [-0.2, -0.15) is 0 Å². The van der Waals surface area contributed by atoms with Crippen LogP contribution in [0.25, 0.3) is 0 Å². The van der Waals surface area contributed by atoms with E-state index in [1.54, 1.807) is 42.4 Å². The molecule has 0 fully saturated rings. The minimum absolute atomic E-state index is 0.0352. The number of rotatable bonds is 3. The van der Waals surface area contributed by atoms with Gasteiger partial charge in [-0.3, -0.25) is 0 Å². The number of aliphatic hydroxyl groups is 1. The topological polar surface area (TPSA) is 36.4 Å². The van der Waals surface area contributed by atoms with Gasteiger partial charge in [0.25, 0.3) is 0 Å². The maximum Gasteiger partial charge on any atom is 0.133 e. The highest BCUT2D eigenvalue weighted by Gasteiger charge is 2.06. The van der Waals surface area contributed by atoms with Crippen molar-refractivity contribution in [3.05, 3.63) is 54.0 Å². The van der Waals surface area contributed by atoms with Crippen LogP contribution in [-0.4, -0.2) is 17.1 Å². The first kappa shape index (κ1) is 11.5. The van der Waals surface area contributed by atoms with Crippen LogP contribution < -0.4 is 4.90 Å². The maximum absolute atomic E-state index is 13.1. The van der Waals surface area contributed by atoms with E-state index < -0.39 is 0 Å². The third kappa shape index (κ3) is 2.60. The molecule has 0 saturated heterocycles. The summed E-state index contributed by atoms with van der Waals surface area (Å²) in [5.74, 6) is 0.384. The first-order chi connectivity index (χ1) is 8.20. The van der Waals surface area contributed by atoms with Crippen molar-refractivity contribution in [2.45, 2.75) is 6.61 Å². The van der Waals surface area contributed by atoms with E-state index in [0.717, 1.165) is 5.56 Å². The third-order valence-electron chi connectivity index (χ3n) is 2.53. The molecule has 0 bridgehead atoms. The van der Waals surface area contributed by atoms with E-state index in [4.69, 9.17) is 5.11 Å². The van der Waals surface area contributed by atoms with E-state index in [2.05, 4.69) is 4.98 Å². The van der Waals surface area contributed by atoms with Crippen molar-refractivity contribution in [1.29, 1.82) is 0 Å². The summed E-state index contributed by atoms with van der Waals surface area (Å²) in [5.41, 5.74) is 1.49. The van der Waals surface area contributed by atoms with Gasteiger partial charge in [0.15, 0.2) is 0 Å². The summed E-state index contributed by atoms with van der Waals surface area (Å²) in [6.45, 7) is -0.0352. The van der Waals surface area contributed by atoms with Gasteiger partial charge >= 0.3 is 0 Å². The number of halogens is 1. The molecule has 0 aliphatic carbocycles. The Balaban J connectivity index is 2.33. The molecule has 0 aliphatic heterocycles. The molecule has 3 nitrogen and oxygen atoms in total. The molecule has 0 unspecified atom stereocenters. The predicted octanol–water partition coefficient (Wildman–Crippen LogP) is 2.48. The zero-order valence-electron chi connectivity index (χ0n) is 9.47. The second-order valence-corrected chi connectivity index (χ2v) is 3.72. The van der Waals surface area contributed by atoms with Crippen molar-refractivity contribution < 1.29 is 9.50 Å². The van der Waals surface area contributed by atoms with Gasteiger partial charge in [0.1, 0.15) is 11.6 Å². The SMILES string of the molecule is CN(c1cccc(F)c1)c1cc(CO)ccn1. The monoisotopic (exact) mass is 232 g/mol.